The average molecular weight is 257 g/mol. The van der Waals surface area contributed by atoms with E-state index in [1.807, 2.05) is 11.8 Å². The van der Waals surface area contributed by atoms with Crippen molar-refractivity contribution in [3.8, 4) is 0 Å². The van der Waals surface area contributed by atoms with E-state index in [0.29, 0.717) is 0 Å². The lowest BCUT2D eigenvalue weighted by Gasteiger charge is -2.39. The predicted octanol–water partition coefficient (Wildman–Crippen LogP) is 5.04. The van der Waals surface area contributed by atoms with Crippen LogP contribution >= 0.6 is 11.8 Å². The average Bonchev–Trinajstić information content (AvgIpc) is 2.38. The topological polar surface area (TPSA) is 12.0 Å². The highest BCUT2D eigenvalue weighted by atomic mass is 32.2. The maximum absolute atomic E-state index is 3.67. The number of thioether (sulfide) groups is 1. The van der Waals surface area contributed by atoms with Crippen LogP contribution in [0.1, 0.15) is 26.7 Å². The largest absolute Gasteiger partial charge is 0.357 e. The van der Waals surface area contributed by atoms with Gasteiger partial charge in [0.2, 0.25) is 0 Å². The van der Waals surface area contributed by atoms with Crippen LogP contribution in [0.5, 0.6) is 0 Å². The summed E-state index contributed by atoms with van der Waals surface area (Å²) in [4.78, 5) is 2.73. The van der Waals surface area contributed by atoms with Gasteiger partial charge in [0.25, 0.3) is 0 Å². The first-order chi connectivity index (χ1) is 8.79. The molecule has 2 atom stereocenters. The minimum atomic E-state index is 0.719. The molecular formula is C16H19NS. The van der Waals surface area contributed by atoms with Crippen LogP contribution in [0, 0.1) is 11.8 Å². The lowest BCUT2D eigenvalue weighted by molar-refractivity contribution is 0.238. The minimum Gasteiger partial charge on any atom is -0.357 e. The molecule has 3 rings (SSSR count). The lowest BCUT2D eigenvalue weighted by Crippen LogP contribution is -2.29. The molecule has 0 aromatic heterocycles. The van der Waals surface area contributed by atoms with Gasteiger partial charge in [-0.05, 0) is 37.8 Å². The van der Waals surface area contributed by atoms with Crippen molar-refractivity contribution in [2.24, 2.45) is 11.8 Å². The molecule has 0 amide bonds. The highest BCUT2D eigenvalue weighted by molar-refractivity contribution is 8.03. The second kappa shape index (κ2) is 4.85. The number of rotatable bonds is 2. The van der Waals surface area contributed by atoms with Crippen LogP contribution in [-0.4, -0.2) is 0 Å². The van der Waals surface area contributed by atoms with E-state index in [4.69, 9.17) is 0 Å². The minimum absolute atomic E-state index is 0.719. The third-order valence-corrected chi connectivity index (χ3v) is 5.10. The van der Waals surface area contributed by atoms with Crippen molar-refractivity contribution in [3.05, 3.63) is 47.0 Å². The maximum atomic E-state index is 3.67. The second-order valence-corrected chi connectivity index (χ2v) is 6.25. The van der Waals surface area contributed by atoms with Gasteiger partial charge in [0.05, 0.1) is 5.69 Å². The summed E-state index contributed by atoms with van der Waals surface area (Å²) in [6.07, 6.45) is 7.08. The molecule has 1 N–H and O–H groups in total. The van der Waals surface area contributed by atoms with E-state index in [1.54, 1.807) is 0 Å². The summed E-state index contributed by atoms with van der Waals surface area (Å²) in [7, 11) is 0. The number of benzene rings is 1. The number of hydrogen-bond acceptors (Lipinski definition) is 2. The second-order valence-electron chi connectivity index (χ2n) is 5.16. The number of hydrogen-bond donors (Lipinski definition) is 1. The fraction of sp³-hybridized carbons (Fsp3) is 0.375. The molecule has 2 heteroatoms. The summed E-state index contributed by atoms with van der Waals surface area (Å²) in [6, 6.07) is 8.59. The molecule has 1 aromatic carbocycles. The van der Waals surface area contributed by atoms with Gasteiger partial charge in [-0.15, -0.1) is 0 Å². The molecule has 0 saturated heterocycles. The molecule has 2 unspecified atom stereocenters. The molecular weight excluding hydrogens is 238 g/mol. The summed E-state index contributed by atoms with van der Waals surface area (Å²) in [5.74, 6) is 1.54. The number of nitrogens with one attached hydrogen (secondary N) is 1. The van der Waals surface area contributed by atoms with E-state index in [-0.39, 0.29) is 0 Å². The van der Waals surface area contributed by atoms with Crippen LogP contribution in [0.25, 0.3) is 0 Å². The van der Waals surface area contributed by atoms with Crippen LogP contribution in [0.2, 0.25) is 0 Å². The van der Waals surface area contributed by atoms with Gasteiger partial charge in [0.15, 0.2) is 0 Å². The normalized spacial score (nSPS) is 26.8. The van der Waals surface area contributed by atoms with Gasteiger partial charge in [-0.2, -0.15) is 0 Å². The Labute approximate surface area is 113 Å². The molecule has 94 valence electrons. The monoisotopic (exact) mass is 257 g/mol. The third-order valence-electron chi connectivity index (χ3n) is 3.95. The van der Waals surface area contributed by atoms with E-state index in [2.05, 4.69) is 55.6 Å². The SMILES string of the molecule is C/C=C\C1=C(C2CCC2C)Nc2ccccc2S1. The molecule has 1 nitrogen and oxygen atoms in total. The summed E-state index contributed by atoms with van der Waals surface area (Å²) >= 11 is 1.90. The van der Waals surface area contributed by atoms with Crippen molar-refractivity contribution in [2.45, 2.75) is 31.6 Å². The Morgan fingerprint density at radius 3 is 2.78 bits per heavy atom. The van der Waals surface area contributed by atoms with Gasteiger partial charge < -0.3 is 5.32 Å². The van der Waals surface area contributed by atoms with E-state index in [9.17, 15) is 0 Å². The zero-order chi connectivity index (χ0) is 12.5. The summed E-state index contributed by atoms with van der Waals surface area (Å²) in [5.41, 5.74) is 2.71. The van der Waals surface area contributed by atoms with Crippen molar-refractivity contribution >= 4 is 17.4 Å². The van der Waals surface area contributed by atoms with Crippen molar-refractivity contribution in [1.29, 1.82) is 0 Å². The smallest absolute Gasteiger partial charge is 0.0524 e. The standard InChI is InChI=1S/C16H19NS/c1-3-6-15-16(12-10-9-11(12)2)17-13-7-4-5-8-14(13)18-15/h3-8,11-12,17H,9-10H2,1-2H3/b6-3-. The molecule has 1 aliphatic carbocycles. The van der Waals surface area contributed by atoms with Gasteiger partial charge in [-0.3, -0.25) is 0 Å². The number of fused-ring (bicyclic) bond motifs is 1. The van der Waals surface area contributed by atoms with Crippen LogP contribution in [-0.2, 0) is 0 Å². The molecule has 2 aliphatic rings. The summed E-state index contributed by atoms with van der Waals surface area (Å²) in [6.45, 7) is 4.46. The Hall–Kier alpha value is -1.15. The van der Waals surface area contributed by atoms with Gasteiger partial charge in [-0.1, -0.05) is 43.0 Å². The highest BCUT2D eigenvalue weighted by Gasteiger charge is 2.33. The molecule has 1 saturated carbocycles. The Morgan fingerprint density at radius 1 is 1.28 bits per heavy atom. The Balaban J connectivity index is 1.97. The fourth-order valence-electron chi connectivity index (χ4n) is 2.69. The van der Waals surface area contributed by atoms with Gasteiger partial charge in [0.1, 0.15) is 0 Å². The van der Waals surface area contributed by atoms with Crippen LogP contribution in [0.3, 0.4) is 0 Å². The molecule has 0 spiro atoms. The zero-order valence-corrected chi connectivity index (χ0v) is 11.8. The quantitative estimate of drug-likeness (QED) is 0.796. The Kier molecular flexibility index (Phi) is 3.21. The third kappa shape index (κ3) is 1.99. The highest BCUT2D eigenvalue weighted by Crippen LogP contribution is 2.48. The molecule has 1 aliphatic heterocycles. The molecule has 18 heavy (non-hydrogen) atoms. The Morgan fingerprint density at radius 2 is 2.11 bits per heavy atom. The molecule has 0 radical (unpaired) electrons. The first-order valence-corrected chi connectivity index (χ1v) is 7.52. The van der Waals surface area contributed by atoms with Crippen molar-refractivity contribution in [2.75, 3.05) is 5.32 Å². The molecule has 0 bridgehead atoms. The van der Waals surface area contributed by atoms with E-state index >= 15 is 0 Å². The van der Waals surface area contributed by atoms with Gasteiger partial charge in [-0.25, -0.2) is 0 Å². The van der Waals surface area contributed by atoms with Crippen LogP contribution in [0.15, 0.2) is 51.9 Å². The summed E-state index contributed by atoms with van der Waals surface area (Å²) < 4.78 is 0. The van der Waals surface area contributed by atoms with Gasteiger partial charge >= 0.3 is 0 Å². The van der Waals surface area contributed by atoms with Crippen molar-refractivity contribution in [3.63, 3.8) is 0 Å². The number of para-hydroxylation sites is 1. The van der Waals surface area contributed by atoms with Crippen LogP contribution in [0.4, 0.5) is 5.69 Å². The number of anilines is 1. The first-order valence-electron chi connectivity index (χ1n) is 6.70. The molecule has 1 fully saturated rings. The lowest BCUT2D eigenvalue weighted by atomic mass is 9.72. The fourth-order valence-corrected chi connectivity index (χ4v) is 3.81. The summed E-state index contributed by atoms with van der Waals surface area (Å²) in [5, 5.41) is 3.67. The van der Waals surface area contributed by atoms with E-state index in [0.717, 1.165) is 11.8 Å². The Bertz CT molecular complexity index is 516. The predicted molar refractivity (Wildman–Crippen MR) is 79.6 cm³/mol. The maximum Gasteiger partial charge on any atom is 0.0524 e. The molecule has 1 heterocycles. The van der Waals surface area contributed by atoms with Crippen molar-refractivity contribution in [1.82, 2.24) is 0 Å². The molecule has 1 aromatic rings. The first kappa shape index (κ1) is 11.9. The van der Waals surface area contributed by atoms with E-state index < -0.39 is 0 Å². The van der Waals surface area contributed by atoms with Crippen molar-refractivity contribution < 1.29 is 0 Å². The van der Waals surface area contributed by atoms with Crippen LogP contribution < -0.4 is 5.32 Å². The number of allylic oxidation sites excluding steroid dienone is 3. The zero-order valence-electron chi connectivity index (χ0n) is 10.9. The van der Waals surface area contributed by atoms with E-state index in [1.165, 1.54) is 34.0 Å². The van der Waals surface area contributed by atoms with Gasteiger partial charge in [0, 0.05) is 21.4 Å².